The molecule has 1 fully saturated rings. The number of nitrogens with one attached hydrogen (secondary N) is 2. The van der Waals surface area contributed by atoms with Gasteiger partial charge in [-0.15, -0.1) is 24.8 Å². The van der Waals surface area contributed by atoms with E-state index in [9.17, 15) is 4.79 Å². The minimum atomic E-state index is 0. The van der Waals surface area contributed by atoms with Crippen LogP contribution in [0.2, 0.25) is 0 Å². The van der Waals surface area contributed by atoms with Gasteiger partial charge in [0.15, 0.2) is 0 Å². The van der Waals surface area contributed by atoms with Crippen LogP contribution in [-0.2, 0) is 11.2 Å². The molecule has 0 radical (unpaired) electrons. The summed E-state index contributed by atoms with van der Waals surface area (Å²) < 4.78 is 1.99. The average Bonchev–Trinajstić information content (AvgIpc) is 3.09. The van der Waals surface area contributed by atoms with E-state index in [-0.39, 0.29) is 42.8 Å². The van der Waals surface area contributed by atoms with Crippen molar-refractivity contribution in [3.63, 3.8) is 0 Å². The number of fused-ring (bicyclic) bond motifs is 1. The summed E-state index contributed by atoms with van der Waals surface area (Å²) in [7, 11) is 0. The van der Waals surface area contributed by atoms with Crippen molar-refractivity contribution in [1.29, 1.82) is 0 Å². The molecule has 1 saturated heterocycles. The number of anilines is 1. The Balaban J connectivity index is 0.00000131. The van der Waals surface area contributed by atoms with E-state index in [2.05, 4.69) is 40.0 Å². The molecular weight excluding hydrogens is 403 g/mol. The molecule has 8 heteroatoms. The Labute approximate surface area is 176 Å². The highest BCUT2D eigenvalue weighted by Gasteiger charge is 2.24. The van der Waals surface area contributed by atoms with Crippen molar-refractivity contribution in [1.82, 2.24) is 15.1 Å². The van der Waals surface area contributed by atoms with Crippen molar-refractivity contribution in [2.45, 2.75) is 37.8 Å². The third-order valence-corrected chi connectivity index (χ3v) is 6.13. The molecule has 2 atom stereocenters. The first kappa shape index (κ1) is 22.1. The van der Waals surface area contributed by atoms with Gasteiger partial charge in [-0.25, -0.2) is 4.68 Å². The second-order valence-electron chi connectivity index (χ2n) is 6.75. The van der Waals surface area contributed by atoms with Gasteiger partial charge in [0.2, 0.25) is 5.91 Å². The highest BCUT2D eigenvalue weighted by atomic mass is 35.5. The van der Waals surface area contributed by atoms with Crippen LogP contribution in [0.3, 0.4) is 0 Å². The van der Waals surface area contributed by atoms with E-state index in [0.29, 0.717) is 6.42 Å². The number of aromatic nitrogens is 2. The van der Waals surface area contributed by atoms with E-state index in [1.807, 2.05) is 22.5 Å². The number of hydrogen-bond acceptors (Lipinski definition) is 4. The zero-order valence-electron chi connectivity index (χ0n) is 15.1. The molecule has 4 rings (SSSR count). The number of hydrogen-bond donors (Lipinski definition) is 2. The molecule has 1 aliphatic heterocycles. The van der Waals surface area contributed by atoms with Crippen LogP contribution in [0.15, 0.2) is 36.5 Å². The minimum absolute atomic E-state index is 0. The monoisotopic (exact) mass is 428 g/mol. The highest BCUT2D eigenvalue weighted by Crippen LogP contribution is 2.34. The minimum Gasteiger partial charge on any atom is -0.312 e. The topological polar surface area (TPSA) is 59.0 Å². The average molecular weight is 429 g/mol. The lowest BCUT2D eigenvalue weighted by Gasteiger charge is -2.27. The molecule has 2 heterocycles. The third kappa shape index (κ3) is 5.19. The van der Waals surface area contributed by atoms with Crippen molar-refractivity contribution in [2.24, 2.45) is 0 Å². The van der Waals surface area contributed by atoms with Gasteiger partial charge in [-0.05, 0) is 30.4 Å². The summed E-state index contributed by atoms with van der Waals surface area (Å²) in [4.78, 5) is 12.5. The van der Waals surface area contributed by atoms with Crippen LogP contribution >= 0.6 is 36.6 Å². The maximum absolute atomic E-state index is 12.5. The summed E-state index contributed by atoms with van der Waals surface area (Å²) in [5.74, 6) is 3.00. The fourth-order valence-electron chi connectivity index (χ4n) is 3.81. The van der Waals surface area contributed by atoms with Crippen LogP contribution in [0.4, 0.5) is 5.82 Å². The van der Waals surface area contributed by atoms with Crippen LogP contribution in [-0.4, -0.2) is 39.8 Å². The second-order valence-corrected chi connectivity index (χ2v) is 7.90. The maximum Gasteiger partial charge on any atom is 0.227 e. The molecule has 1 aliphatic carbocycles. The Morgan fingerprint density at radius 1 is 1.30 bits per heavy atom. The maximum atomic E-state index is 12.5. The molecule has 2 N–H and O–H groups in total. The Bertz CT molecular complexity index is 749. The number of thioether (sulfide) groups is 1. The van der Waals surface area contributed by atoms with Crippen LogP contribution < -0.4 is 10.6 Å². The molecular formula is C19H26Cl2N4OS. The number of benzene rings is 1. The van der Waals surface area contributed by atoms with E-state index in [1.165, 1.54) is 11.1 Å². The summed E-state index contributed by atoms with van der Waals surface area (Å²) in [6.07, 6.45) is 5.63. The molecule has 1 aromatic carbocycles. The van der Waals surface area contributed by atoms with Crippen molar-refractivity contribution in [3.8, 4) is 0 Å². The molecule has 2 unspecified atom stereocenters. The number of carbonyl (C=O) groups is 1. The van der Waals surface area contributed by atoms with Crippen LogP contribution in [0.25, 0.3) is 0 Å². The summed E-state index contributed by atoms with van der Waals surface area (Å²) in [6.45, 7) is 0.986. The van der Waals surface area contributed by atoms with Crippen LogP contribution in [0, 0.1) is 0 Å². The van der Waals surface area contributed by atoms with Crippen molar-refractivity contribution in [3.05, 3.63) is 47.7 Å². The largest absolute Gasteiger partial charge is 0.312 e. The van der Waals surface area contributed by atoms with Gasteiger partial charge in [-0.2, -0.15) is 16.9 Å². The standard InChI is InChI=1S/C19H24N4OS.2ClH/c24-19(12-15-13-25-11-10-20-15)22-18-8-9-21-23(18)17-7-3-5-14-4-1-2-6-16(14)17;;/h1-2,4,6,8-9,15,17,20H,3,5,7,10-13H2,(H,22,24);2*1H. The number of rotatable bonds is 4. The van der Waals surface area contributed by atoms with E-state index < -0.39 is 0 Å². The van der Waals surface area contributed by atoms with Crippen molar-refractivity contribution in [2.75, 3.05) is 23.4 Å². The molecule has 0 bridgehead atoms. The lowest BCUT2D eigenvalue weighted by molar-refractivity contribution is -0.116. The van der Waals surface area contributed by atoms with Crippen LogP contribution in [0.1, 0.15) is 36.4 Å². The lowest BCUT2D eigenvalue weighted by Crippen LogP contribution is -2.40. The predicted molar refractivity (Wildman–Crippen MR) is 117 cm³/mol. The number of aryl methyl sites for hydroxylation is 1. The van der Waals surface area contributed by atoms with Gasteiger partial charge >= 0.3 is 0 Å². The van der Waals surface area contributed by atoms with Gasteiger partial charge in [0, 0.05) is 36.6 Å². The van der Waals surface area contributed by atoms with E-state index >= 15 is 0 Å². The highest BCUT2D eigenvalue weighted by molar-refractivity contribution is 7.99. The normalized spacial score (nSPS) is 21.3. The summed E-state index contributed by atoms with van der Waals surface area (Å²) in [6, 6.07) is 11.0. The first-order valence-electron chi connectivity index (χ1n) is 9.03. The Kier molecular flexibility index (Phi) is 8.48. The fraction of sp³-hybridized carbons (Fsp3) is 0.474. The number of carbonyl (C=O) groups excluding carboxylic acids is 1. The van der Waals surface area contributed by atoms with Crippen LogP contribution in [0.5, 0.6) is 0 Å². The fourth-order valence-corrected chi connectivity index (χ4v) is 4.76. The zero-order valence-corrected chi connectivity index (χ0v) is 17.5. The smallest absolute Gasteiger partial charge is 0.227 e. The summed E-state index contributed by atoms with van der Waals surface area (Å²) in [5.41, 5.74) is 2.73. The molecule has 148 valence electrons. The summed E-state index contributed by atoms with van der Waals surface area (Å²) in [5, 5.41) is 11.0. The Morgan fingerprint density at radius 3 is 2.96 bits per heavy atom. The first-order chi connectivity index (χ1) is 12.3. The lowest BCUT2D eigenvalue weighted by atomic mass is 9.88. The first-order valence-corrected chi connectivity index (χ1v) is 10.2. The van der Waals surface area contributed by atoms with E-state index in [0.717, 1.165) is 43.1 Å². The van der Waals surface area contributed by atoms with Crippen molar-refractivity contribution < 1.29 is 4.79 Å². The van der Waals surface area contributed by atoms with Crippen molar-refractivity contribution >= 4 is 48.3 Å². The van der Waals surface area contributed by atoms with Gasteiger partial charge in [0.25, 0.3) is 0 Å². The molecule has 1 amide bonds. The number of nitrogens with zero attached hydrogens (tertiary/aromatic N) is 2. The third-order valence-electron chi connectivity index (χ3n) is 5.00. The SMILES string of the molecule is Cl.Cl.O=C(CC1CSCCN1)Nc1ccnn1C1CCCc2ccccc21. The molecule has 5 nitrogen and oxygen atoms in total. The van der Waals surface area contributed by atoms with Gasteiger partial charge in [0.05, 0.1) is 12.2 Å². The molecule has 2 aliphatic rings. The van der Waals surface area contributed by atoms with Gasteiger partial charge in [-0.1, -0.05) is 24.3 Å². The number of halogens is 2. The molecule has 1 aromatic heterocycles. The quantitative estimate of drug-likeness (QED) is 0.779. The molecule has 0 spiro atoms. The molecule has 0 saturated carbocycles. The van der Waals surface area contributed by atoms with Gasteiger partial charge in [0.1, 0.15) is 5.82 Å². The Morgan fingerprint density at radius 2 is 2.15 bits per heavy atom. The zero-order chi connectivity index (χ0) is 17.1. The van der Waals surface area contributed by atoms with E-state index in [4.69, 9.17) is 0 Å². The van der Waals surface area contributed by atoms with Gasteiger partial charge in [-0.3, -0.25) is 4.79 Å². The molecule has 2 aromatic rings. The summed E-state index contributed by atoms with van der Waals surface area (Å²) >= 11 is 1.91. The Hall–Kier alpha value is -1.21. The molecule has 27 heavy (non-hydrogen) atoms. The number of amides is 1. The van der Waals surface area contributed by atoms with Gasteiger partial charge < -0.3 is 10.6 Å². The second kappa shape index (κ2) is 10.4. The van der Waals surface area contributed by atoms with E-state index in [1.54, 1.807) is 6.20 Å². The predicted octanol–water partition coefficient (Wildman–Crippen LogP) is 3.69.